The third-order valence-corrected chi connectivity index (χ3v) is 6.72. The topological polar surface area (TPSA) is 51.0 Å². The number of rotatable bonds is 7. The second-order valence-corrected chi connectivity index (χ2v) is 8.57. The van der Waals surface area contributed by atoms with E-state index < -0.39 is 0 Å². The normalized spacial score (nSPS) is 20.2. The van der Waals surface area contributed by atoms with E-state index in [-0.39, 0.29) is 5.50 Å². The van der Waals surface area contributed by atoms with E-state index in [4.69, 9.17) is 15.2 Å². The largest absolute Gasteiger partial charge is 0.493 e. The molecule has 150 valence electrons. The number of likely N-dealkylation sites (tertiary alicyclic amines) is 1. The average Bonchev–Trinajstić information content (AvgIpc) is 3.05. The SMILES string of the molecule is COc1ccccc1OCCN1CCC(CN2c3ccccc3SC2N)CC1. The lowest BCUT2D eigenvalue weighted by Gasteiger charge is -2.35. The maximum absolute atomic E-state index is 6.37. The van der Waals surface area contributed by atoms with E-state index in [9.17, 15) is 0 Å². The molecule has 5 nitrogen and oxygen atoms in total. The maximum atomic E-state index is 6.37. The Morgan fingerprint density at radius 1 is 1.04 bits per heavy atom. The highest BCUT2D eigenvalue weighted by atomic mass is 32.2. The summed E-state index contributed by atoms with van der Waals surface area (Å²) in [6, 6.07) is 16.4. The quantitative estimate of drug-likeness (QED) is 0.767. The molecule has 2 N–H and O–H groups in total. The Labute approximate surface area is 171 Å². The van der Waals surface area contributed by atoms with E-state index >= 15 is 0 Å². The number of nitrogens with zero attached hydrogens (tertiary/aromatic N) is 2. The van der Waals surface area contributed by atoms with E-state index in [1.165, 1.54) is 23.4 Å². The Hall–Kier alpha value is -1.89. The number of methoxy groups -OCH3 is 1. The highest BCUT2D eigenvalue weighted by Crippen LogP contribution is 2.41. The Kier molecular flexibility index (Phi) is 6.29. The molecule has 2 aromatic carbocycles. The van der Waals surface area contributed by atoms with Gasteiger partial charge in [-0.2, -0.15) is 0 Å². The van der Waals surface area contributed by atoms with Crippen LogP contribution in [-0.2, 0) is 0 Å². The zero-order valence-electron chi connectivity index (χ0n) is 16.4. The molecule has 0 radical (unpaired) electrons. The molecule has 28 heavy (non-hydrogen) atoms. The minimum Gasteiger partial charge on any atom is -0.493 e. The van der Waals surface area contributed by atoms with Crippen LogP contribution in [0, 0.1) is 5.92 Å². The van der Waals surface area contributed by atoms with Crippen molar-refractivity contribution in [2.45, 2.75) is 23.2 Å². The molecule has 2 heterocycles. The van der Waals surface area contributed by atoms with Gasteiger partial charge in [-0.15, -0.1) is 0 Å². The van der Waals surface area contributed by atoms with Crippen LogP contribution in [0.15, 0.2) is 53.4 Å². The summed E-state index contributed by atoms with van der Waals surface area (Å²) in [5, 5.41) is 0. The van der Waals surface area contributed by atoms with Gasteiger partial charge in [0.1, 0.15) is 12.1 Å². The van der Waals surface area contributed by atoms with E-state index in [2.05, 4.69) is 34.1 Å². The Bertz CT molecular complexity index is 780. The van der Waals surface area contributed by atoms with Crippen molar-refractivity contribution in [1.82, 2.24) is 4.90 Å². The predicted molar refractivity (Wildman–Crippen MR) is 115 cm³/mol. The number of para-hydroxylation sites is 3. The standard InChI is InChI=1S/C22H29N3O2S/c1-26-19-7-3-4-8-20(19)27-15-14-24-12-10-17(11-13-24)16-25-18-6-2-5-9-21(18)28-22(25)23/h2-9,17,22H,10-16,23H2,1H3. The van der Waals surface area contributed by atoms with Gasteiger partial charge in [-0.05, 0) is 56.1 Å². The van der Waals surface area contributed by atoms with Gasteiger partial charge in [0.05, 0.1) is 12.8 Å². The zero-order valence-corrected chi connectivity index (χ0v) is 17.2. The first-order valence-electron chi connectivity index (χ1n) is 10.0. The lowest BCUT2D eigenvalue weighted by Crippen LogP contribution is -2.43. The predicted octanol–water partition coefficient (Wildman–Crippen LogP) is 3.64. The van der Waals surface area contributed by atoms with Gasteiger partial charge in [-0.25, -0.2) is 0 Å². The lowest BCUT2D eigenvalue weighted by atomic mass is 9.96. The van der Waals surface area contributed by atoms with Gasteiger partial charge in [0.25, 0.3) is 0 Å². The third-order valence-electron chi connectivity index (χ3n) is 5.63. The van der Waals surface area contributed by atoms with Crippen LogP contribution in [0.1, 0.15) is 12.8 Å². The summed E-state index contributed by atoms with van der Waals surface area (Å²) in [7, 11) is 1.68. The average molecular weight is 400 g/mol. The fourth-order valence-corrected chi connectivity index (χ4v) is 5.07. The van der Waals surface area contributed by atoms with Crippen LogP contribution in [0.4, 0.5) is 5.69 Å². The van der Waals surface area contributed by atoms with E-state index in [0.717, 1.165) is 37.7 Å². The Balaban J connectivity index is 1.22. The maximum Gasteiger partial charge on any atom is 0.161 e. The van der Waals surface area contributed by atoms with E-state index in [1.54, 1.807) is 18.9 Å². The molecule has 1 saturated heterocycles. The third kappa shape index (κ3) is 4.40. The van der Waals surface area contributed by atoms with Crippen LogP contribution in [0.5, 0.6) is 11.5 Å². The Morgan fingerprint density at radius 3 is 2.54 bits per heavy atom. The first-order chi connectivity index (χ1) is 13.7. The summed E-state index contributed by atoms with van der Waals surface area (Å²) in [5.74, 6) is 2.31. The molecule has 4 rings (SSSR count). The highest BCUT2D eigenvalue weighted by molar-refractivity contribution is 8.00. The van der Waals surface area contributed by atoms with Crippen molar-refractivity contribution in [3.05, 3.63) is 48.5 Å². The van der Waals surface area contributed by atoms with Crippen LogP contribution < -0.4 is 20.1 Å². The van der Waals surface area contributed by atoms with Gasteiger partial charge in [0, 0.05) is 18.0 Å². The number of hydrogen-bond donors (Lipinski definition) is 1. The minimum absolute atomic E-state index is 0.0460. The van der Waals surface area contributed by atoms with Crippen molar-refractivity contribution in [1.29, 1.82) is 0 Å². The van der Waals surface area contributed by atoms with Crippen molar-refractivity contribution in [3.8, 4) is 11.5 Å². The summed E-state index contributed by atoms with van der Waals surface area (Å²) in [6.07, 6.45) is 2.43. The van der Waals surface area contributed by atoms with Crippen LogP contribution >= 0.6 is 11.8 Å². The molecule has 0 aromatic heterocycles. The van der Waals surface area contributed by atoms with Crippen molar-refractivity contribution in [3.63, 3.8) is 0 Å². The molecule has 0 bridgehead atoms. The molecule has 1 unspecified atom stereocenters. The summed E-state index contributed by atoms with van der Waals surface area (Å²) in [4.78, 5) is 6.19. The van der Waals surface area contributed by atoms with Crippen LogP contribution in [0.25, 0.3) is 0 Å². The minimum atomic E-state index is 0.0460. The molecular weight excluding hydrogens is 370 g/mol. The van der Waals surface area contributed by atoms with Crippen molar-refractivity contribution in [2.24, 2.45) is 11.7 Å². The van der Waals surface area contributed by atoms with Crippen molar-refractivity contribution < 1.29 is 9.47 Å². The number of benzene rings is 2. The lowest BCUT2D eigenvalue weighted by molar-refractivity contribution is 0.154. The number of nitrogens with two attached hydrogens (primary N) is 1. The second-order valence-electron chi connectivity index (χ2n) is 7.41. The summed E-state index contributed by atoms with van der Waals surface area (Å²) < 4.78 is 11.3. The van der Waals surface area contributed by atoms with E-state index in [0.29, 0.717) is 12.5 Å². The summed E-state index contributed by atoms with van der Waals surface area (Å²) in [6.45, 7) is 4.94. The first-order valence-corrected chi connectivity index (χ1v) is 10.9. The smallest absolute Gasteiger partial charge is 0.161 e. The number of fused-ring (bicyclic) bond motifs is 1. The van der Waals surface area contributed by atoms with E-state index in [1.807, 2.05) is 24.3 Å². The van der Waals surface area contributed by atoms with Gasteiger partial charge in [-0.3, -0.25) is 4.90 Å². The highest BCUT2D eigenvalue weighted by Gasteiger charge is 2.30. The molecule has 1 atom stereocenters. The number of ether oxygens (including phenoxy) is 2. The molecular formula is C22H29N3O2S. The Morgan fingerprint density at radius 2 is 1.75 bits per heavy atom. The molecule has 1 fully saturated rings. The van der Waals surface area contributed by atoms with Crippen LogP contribution in [0.3, 0.4) is 0 Å². The molecule has 0 amide bonds. The van der Waals surface area contributed by atoms with Crippen LogP contribution in [-0.4, -0.2) is 50.3 Å². The molecule has 2 aliphatic heterocycles. The molecule has 2 aliphatic rings. The number of thioether (sulfide) groups is 1. The first kappa shape index (κ1) is 19.4. The van der Waals surface area contributed by atoms with Crippen molar-refractivity contribution >= 4 is 17.4 Å². The van der Waals surface area contributed by atoms with Crippen LogP contribution in [0.2, 0.25) is 0 Å². The second kappa shape index (κ2) is 9.07. The van der Waals surface area contributed by atoms with Gasteiger partial charge < -0.3 is 20.1 Å². The monoisotopic (exact) mass is 399 g/mol. The fourth-order valence-electron chi connectivity index (χ4n) is 4.02. The zero-order chi connectivity index (χ0) is 19.3. The van der Waals surface area contributed by atoms with Crippen molar-refractivity contribution in [2.75, 3.05) is 44.8 Å². The van der Waals surface area contributed by atoms with Gasteiger partial charge in [-0.1, -0.05) is 36.0 Å². The number of anilines is 1. The molecule has 0 spiro atoms. The molecule has 2 aromatic rings. The fraction of sp³-hybridized carbons (Fsp3) is 0.455. The molecule has 6 heteroatoms. The number of piperidine rings is 1. The molecule has 0 aliphatic carbocycles. The van der Waals surface area contributed by atoms with Gasteiger partial charge >= 0.3 is 0 Å². The molecule has 0 saturated carbocycles. The number of hydrogen-bond acceptors (Lipinski definition) is 6. The van der Waals surface area contributed by atoms with Gasteiger partial charge in [0.15, 0.2) is 11.5 Å². The summed E-state index contributed by atoms with van der Waals surface area (Å²) in [5.41, 5.74) is 7.71. The van der Waals surface area contributed by atoms with Gasteiger partial charge in [0.2, 0.25) is 0 Å². The summed E-state index contributed by atoms with van der Waals surface area (Å²) >= 11 is 1.77.